The summed E-state index contributed by atoms with van der Waals surface area (Å²) in [5.41, 5.74) is 0. The van der Waals surface area contributed by atoms with E-state index < -0.39 is 12.2 Å². The molecule has 6 nitrogen and oxygen atoms in total. The Hall–Kier alpha value is -1.92. The van der Waals surface area contributed by atoms with E-state index in [4.69, 9.17) is 9.47 Å². The van der Waals surface area contributed by atoms with Crippen molar-refractivity contribution in [2.75, 3.05) is 13.2 Å². The fourth-order valence-electron chi connectivity index (χ4n) is 4.06. The molecule has 226 valence electrons. The van der Waals surface area contributed by atoms with Gasteiger partial charge in [0, 0.05) is 12.8 Å². The Morgan fingerprint density at radius 3 is 1.69 bits per heavy atom. The fourth-order valence-corrected chi connectivity index (χ4v) is 4.06. The molecular formula is C33H58O6. The molecule has 2 atom stereocenters. The van der Waals surface area contributed by atoms with Crippen molar-refractivity contribution in [2.45, 2.75) is 148 Å². The van der Waals surface area contributed by atoms with Gasteiger partial charge in [-0.05, 0) is 38.5 Å². The van der Waals surface area contributed by atoms with Crippen molar-refractivity contribution < 1.29 is 29.3 Å². The summed E-state index contributed by atoms with van der Waals surface area (Å²) in [7, 11) is 0. The van der Waals surface area contributed by atoms with Crippen LogP contribution in [0.3, 0.4) is 0 Å². The van der Waals surface area contributed by atoms with Crippen LogP contribution in [0.15, 0.2) is 36.5 Å². The molecule has 0 aliphatic heterocycles. The van der Waals surface area contributed by atoms with E-state index in [9.17, 15) is 19.8 Å². The highest BCUT2D eigenvalue weighted by Gasteiger charge is 2.12. The summed E-state index contributed by atoms with van der Waals surface area (Å²) in [5, 5.41) is 19.7. The number of esters is 2. The van der Waals surface area contributed by atoms with Crippen molar-refractivity contribution >= 4 is 11.9 Å². The highest BCUT2D eigenvalue weighted by molar-refractivity contribution is 5.69. The Morgan fingerprint density at radius 1 is 0.641 bits per heavy atom. The Bertz CT molecular complexity index is 655. The molecule has 0 aliphatic rings. The Kier molecular flexibility index (Phi) is 27.6. The molecule has 0 saturated carbocycles. The lowest BCUT2D eigenvalue weighted by atomic mass is 10.1. The standard InChI is InChI=1S/C33H58O6/c1-3-5-7-8-9-11-15-18-22-26-32(36)38-28-31(35)29-39-33(37)27-23-19-16-13-10-12-14-17-21-25-30(34)24-20-6-4-2/h6,14,17,20-21,25,30-31,34-35H,3-5,7-13,15-16,18-19,22-24,26-29H2,1-2H3/b17-14+,20-6+,25-21+/t30?,31-/m0/s1. The normalized spacial score (nSPS) is 13.4. The van der Waals surface area contributed by atoms with Gasteiger partial charge in [0.05, 0.1) is 6.10 Å². The average Bonchev–Trinajstić information content (AvgIpc) is 2.92. The molecule has 6 heteroatoms. The van der Waals surface area contributed by atoms with Gasteiger partial charge in [-0.3, -0.25) is 9.59 Å². The molecule has 1 unspecified atom stereocenters. The first-order valence-electron chi connectivity index (χ1n) is 15.6. The highest BCUT2D eigenvalue weighted by Crippen LogP contribution is 2.11. The van der Waals surface area contributed by atoms with Gasteiger partial charge in [0.15, 0.2) is 0 Å². The van der Waals surface area contributed by atoms with E-state index in [0.29, 0.717) is 19.3 Å². The first-order chi connectivity index (χ1) is 19.0. The maximum Gasteiger partial charge on any atom is 0.305 e. The zero-order chi connectivity index (χ0) is 28.8. The maximum absolute atomic E-state index is 11.9. The van der Waals surface area contributed by atoms with Gasteiger partial charge in [-0.1, -0.05) is 121 Å². The van der Waals surface area contributed by atoms with Crippen LogP contribution in [0, 0.1) is 0 Å². The molecule has 0 rings (SSSR count). The molecular weight excluding hydrogens is 492 g/mol. The second-order valence-corrected chi connectivity index (χ2v) is 10.4. The number of carbonyl (C=O) groups excluding carboxylic acids is 2. The Morgan fingerprint density at radius 2 is 1.15 bits per heavy atom. The predicted molar refractivity (Wildman–Crippen MR) is 160 cm³/mol. The second-order valence-electron chi connectivity index (χ2n) is 10.4. The number of carbonyl (C=O) groups is 2. The van der Waals surface area contributed by atoms with Crippen molar-refractivity contribution in [1.82, 2.24) is 0 Å². The molecule has 0 saturated heterocycles. The van der Waals surface area contributed by atoms with E-state index in [1.807, 2.05) is 18.2 Å². The van der Waals surface area contributed by atoms with Crippen LogP contribution in [0.4, 0.5) is 0 Å². The summed E-state index contributed by atoms with van der Waals surface area (Å²) in [6.45, 7) is 4.02. The quantitative estimate of drug-likeness (QED) is 0.0467. The summed E-state index contributed by atoms with van der Waals surface area (Å²) in [6, 6.07) is 0. The molecule has 0 aromatic heterocycles. The zero-order valence-corrected chi connectivity index (χ0v) is 25.0. The number of rotatable bonds is 27. The predicted octanol–water partition coefficient (Wildman–Crippen LogP) is 7.91. The van der Waals surface area contributed by atoms with E-state index in [1.165, 1.54) is 38.5 Å². The van der Waals surface area contributed by atoms with Gasteiger partial charge < -0.3 is 19.7 Å². The second kappa shape index (κ2) is 29.1. The SMILES string of the molecule is CC/C=C/CC(O)/C=C/C=C/CCCCCCCC(=O)OC[C@@H](O)COC(=O)CCCCCCCCCCC. The maximum atomic E-state index is 11.9. The summed E-state index contributed by atoms with van der Waals surface area (Å²) >= 11 is 0. The monoisotopic (exact) mass is 550 g/mol. The van der Waals surface area contributed by atoms with E-state index in [2.05, 4.69) is 26.0 Å². The molecule has 0 aliphatic carbocycles. The third-order valence-corrected chi connectivity index (χ3v) is 6.47. The largest absolute Gasteiger partial charge is 0.463 e. The number of ether oxygens (including phenoxy) is 2. The molecule has 0 spiro atoms. The van der Waals surface area contributed by atoms with E-state index >= 15 is 0 Å². The van der Waals surface area contributed by atoms with E-state index in [0.717, 1.165) is 64.2 Å². The number of aliphatic hydroxyl groups excluding tert-OH is 2. The average molecular weight is 551 g/mol. The molecule has 0 radical (unpaired) electrons. The van der Waals surface area contributed by atoms with Gasteiger partial charge in [-0.15, -0.1) is 0 Å². The topological polar surface area (TPSA) is 93.1 Å². The van der Waals surface area contributed by atoms with Gasteiger partial charge in [0.25, 0.3) is 0 Å². The number of hydrogen-bond donors (Lipinski definition) is 2. The van der Waals surface area contributed by atoms with Crippen LogP contribution >= 0.6 is 0 Å². The molecule has 39 heavy (non-hydrogen) atoms. The lowest BCUT2D eigenvalue weighted by Gasteiger charge is -2.12. The minimum Gasteiger partial charge on any atom is -0.463 e. The van der Waals surface area contributed by atoms with Crippen molar-refractivity contribution in [1.29, 1.82) is 0 Å². The lowest BCUT2D eigenvalue weighted by molar-refractivity contribution is -0.152. The van der Waals surface area contributed by atoms with Crippen LogP contribution in [0.25, 0.3) is 0 Å². The summed E-state index contributed by atoms with van der Waals surface area (Å²) in [4.78, 5) is 23.7. The van der Waals surface area contributed by atoms with Crippen molar-refractivity contribution in [3.05, 3.63) is 36.5 Å². The molecule has 0 bridgehead atoms. The zero-order valence-electron chi connectivity index (χ0n) is 25.0. The van der Waals surface area contributed by atoms with Crippen LogP contribution in [-0.2, 0) is 19.1 Å². The number of aliphatic hydroxyl groups is 2. The molecule has 0 amide bonds. The number of unbranched alkanes of at least 4 members (excludes halogenated alkanes) is 13. The van der Waals surface area contributed by atoms with Gasteiger partial charge in [-0.2, -0.15) is 0 Å². The van der Waals surface area contributed by atoms with Crippen LogP contribution in [0.1, 0.15) is 136 Å². The third kappa shape index (κ3) is 28.9. The Balaban J connectivity index is 3.56. The van der Waals surface area contributed by atoms with Crippen LogP contribution in [0.5, 0.6) is 0 Å². The number of allylic oxidation sites excluding steroid dienone is 4. The first-order valence-corrected chi connectivity index (χ1v) is 15.6. The Labute approximate surface area is 238 Å². The lowest BCUT2D eigenvalue weighted by Crippen LogP contribution is -2.25. The van der Waals surface area contributed by atoms with Crippen LogP contribution < -0.4 is 0 Å². The minimum absolute atomic E-state index is 0.134. The number of hydrogen-bond acceptors (Lipinski definition) is 6. The molecule has 0 fully saturated rings. The van der Waals surface area contributed by atoms with Crippen LogP contribution in [0.2, 0.25) is 0 Å². The fraction of sp³-hybridized carbons (Fsp3) is 0.758. The van der Waals surface area contributed by atoms with Gasteiger partial charge in [0.1, 0.15) is 19.3 Å². The molecule has 0 aromatic rings. The van der Waals surface area contributed by atoms with E-state index in [1.54, 1.807) is 6.08 Å². The highest BCUT2D eigenvalue weighted by atomic mass is 16.6. The van der Waals surface area contributed by atoms with Crippen molar-refractivity contribution in [3.8, 4) is 0 Å². The third-order valence-electron chi connectivity index (χ3n) is 6.47. The molecule has 2 N–H and O–H groups in total. The van der Waals surface area contributed by atoms with Crippen molar-refractivity contribution in [2.24, 2.45) is 0 Å². The van der Waals surface area contributed by atoms with Gasteiger partial charge >= 0.3 is 11.9 Å². The summed E-state index contributed by atoms with van der Waals surface area (Å²) < 4.78 is 10.2. The first kappa shape index (κ1) is 37.1. The molecule has 0 aromatic carbocycles. The van der Waals surface area contributed by atoms with Gasteiger partial charge in [-0.25, -0.2) is 0 Å². The summed E-state index contributed by atoms with van der Waals surface area (Å²) in [5.74, 6) is -0.623. The molecule has 0 heterocycles. The summed E-state index contributed by atoms with van der Waals surface area (Å²) in [6.07, 6.45) is 29.5. The van der Waals surface area contributed by atoms with Gasteiger partial charge in [0.2, 0.25) is 0 Å². The van der Waals surface area contributed by atoms with Crippen LogP contribution in [-0.4, -0.2) is 47.6 Å². The van der Waals surface area contributed by atoms with Crippen molar-refractivity contribution in [3.63, 3.8) is 0 Å². The minimum atomic E-state index is -0.981. The van der Waals surface area contributed by atoms with E-state index in [-0.39, 0.29) is 25.2 Å². The smallest absolute Gasteiger partial charge is 0.305 e.